The smallest absolute Gasteiger partial charge is 0.320 e. The molecule has 0 bridgehead atoms. The number of hydrogen-bond acceptors (Lipinski definition) is 2. The van der Waals surface area contributed by atoms with E-state index in [0.717, 1.165) is 16.1 Å². The monoisotopic (exact) mass is 322 g/mol. The van der Waals surface area contributed by atoms with Gasteiger partial charge >= 0.3 is 6.03 Å². The normalized spacial score (nSPS) is 11.7. The molecule has 0 saturated carbocycles. The zero-order valence-electron chi connectivity index (χ0n) is 12.8. The van der Waals surface area contributed by atoms with Crippen LogP contribution in [0.15, 0.2) is 72.1 Å². The standard InChI is InChI=1S/C19H18N2OS/c1-14-9-11-15(12-10-14)18(17-8-5-13-23-17)21-19(22)20-16-6-3-2-4-7-16/h2-13,18H,1H3,(H2,20,21,22)/t18-/m0/s1. The summed E-state index contributed by atoms with van der Waals surface area (Å²) in [6.07, 6.45) is 0. The third kappa shape index (κ3) is 3.99. The lowest BCUT2D eigenvalue weighted by Gasteiger charge is -2.19. The molecule has 3 nitrogen and oxygen atoms in total. The Bertz CT molecular complexity index is 752. The molecule has 0 aliphatic rings. The minimum absolute atomic E-state index is 0.153. The highest BCUT2D eigenvalue weighted by Crippen LogP contribution is 2.26. The molecule has 0 saturated heterocycles. The van der Waals surface area contributed by atoms with Crippen molar-refractivity contribution in [3.63, 3.8) is 0 Å². The molecule has 3 rings (SSSR count). The van der Waals surface area contributed by atoms with Gasteiger partial charge in [-0.15, -0.1) is 11.3 Å². The van der Waals surface area contributed by atoms with Crippen LogP contribution in [-0.2, 0) is 0 Å². The van der Waals surface area contributed by atoms with Gasteiger partial charge in [-0.25, -0.2) is 4.79 Å². The van der Waals surface area contributed by atoms with Crippen molar-refractivity contribution >= 4 is 23.1 Å². The SMILES string of the molecule is Cc1ccc([C@H](NC(=O)Nc2ccccc2)c2cccs2)cc1. The summed E-state index contributed by atoms with van der Waals surface area (Å²) in [5.41, 5.74) is 3.05. The average molecular weight is 322 g/mol. The molecular weight excluding hydrogens is 304 g/mol. The zero-order chi connectivity index (χ0) is 16.1. The summed E-state index contributed by atoms with van der Waals surface area (Å²) in [5, 5.41) is 7.96. The Morgan fingerprint density at radius 1 is 0.957 bits per heavy atom. The lowest BCUT2D eigenvalue weighted by molar-refractivity contribution is 0.250. The van der Waals surface area contributed by atoms with E-state index in [2.05, 4.69) is 41.8 Å². The Morgan fingerprint density at radius 3 is 2.35 bits per heavy atom. The number of anilines is 1. The van der Waals surface area contributed by atoms with E-state index < -0.39 is 0 Å². The third-order valence-electron chi connectivity index (χ3n) is 3.55. The van der Waals surface area contributed by atoms with Crippen molar-refractivity contribution in [1.29, 1.82) is 0 Å². The van der Waals surface area contributed by atoms with Crippen molar-refractivity contribution in [2.75, 3.05) is 5.32 Å². The lowest BCUT2D eigenvalue weighted by Crippen LogP contribution is -2.32. The molecule has 0 unspecified atom stereocenters. The Balaban J connectivity index is 1.79. The molecular formula is C19H18N2OS. The molecule has 1 aromatic heterocycles. The second-order valence-electron chi connectivity index (χ2n) is 5.32. The molecule has 2 amide bonds. The molecule has 4 heteroatoms. The predicted molar refractivity (Wildman–Crippen MR) is 95.9 cm³/mol. The second kappa shape index (κ2) is 7.11. The fourth-order valence-corrected chi connectivity index (χ4v) is 3.16. The van der Waals surface area contributed by atoms with Gasteiger partial charge in [0.15, 0.2) is 0 Å². The Morgan fingerprint density at radius 2 is 1.70 bits per heavy atom. The number of benzene rings is 2. The van der Waals surface area contributed by atoms with Gasteiger partial charge in [-0.05, 0) is 36.1 Å². The van der Waals surface area contributed by atoms with Crippen molar-refractivity contribution in [1.82, 2.24) is 5.32 Å². The maximum absolute atomic E-state index is 12.3. The molecule has 116 valence electrons. The summed E-state index contributed by atoms with van der Waals surface area (Å²) < 4.78 is 0. The molecule has 0 radical (unpaired) electrons. The zero-order valence-corrected chi connectivity index (χ0v) is 13.6. The molecule has 0 spiro atoms. The number of aryl methyl sites for hydroxylation is 1. The number of hydrogen-bond donors (Lipinski definition) is 2. The van der Waals surface area contributed by atoms with Gasteiger partial charge in [-0.2, -0.15) is 0 Å². The molecule has 0 fully saturated rings. The van der Waals surface area contributed by atoms with Crippen LogP contribution in [0, 0.1) is 6.92 Å². The molecule has 2 N–H and O–H groups in total. The van der Waals surface area contributed by atoms with Crippen molar-refractivity contribution < 1.29 is 4.79 Å². The fourth-order valence-electron chi connectivity index (χ4n) is 2.35. The first-order valence-electron chi connectivity index (χ1n) is 7.45. The van der Waals surface area contributed by atoms with E-state index >= 15 is 0 Å². The summed E-state index contributed by atoms with van der Waals surface area (Å²) in [7, 11) is 0. The van der Waals surface area contributed by atoms with E-state index in [0.29, 0.717) is 0 Å². The maximum Gasteiger partial charge on any atom is 0.320 e. The van der Waals surface area contributed by atoms with Gasteiger partial charge in [0, 0.05) is 10.6 Å². The van der Waals surface area contributed by atoms with Crippen molar-refractivity contribution in [3.8, 4) is 0 Å². The number of rotatable bonds is 4. The van der Waals surface area contributed by atoms with Crippen LogP contribution in [0.3, 0.4) is 0 Å². The minimum atomic E-state index is -0.213. The van der Waals surface area contributed by atoms with Gasteiger partial charge in [0.25, 0.3) is 0 Å². The van der Waals surface area contributed by atoms with Crippen LogP contribution in [0.5, 0.6) is 0 Å². The average Bonchev–Trinajstić information content (AvgIpc) is 3.09. The number of para-hydroxylation sites is 1. The summed E-state index contributed by atoms with van der Waals surface area (Å²) in [4.78, 5) is 13.4. The number of amides is 2. The van der Waals surface area contributed by atoms with E-state index in [-0.39, 0.29) is 12.1 Å². The topological polar surface area (TPSA) is 41.1 Å². The van der Waals surface area contributed by atoms with Gasteiger partial charge in [0.05, 0.1) is 6.04 Å². The molecule has 23 heavy (non-hydrogen) atoms. The molecule has 3 aromatic rings. The Hall–Kier alpha value is -2.59. The second-order valence-corrected chi connectivity index (χ2v) is 6.30. The van der Waals surface area contributed by atoms with Crippen LogP contribution < -0.4 is 10.6 Å². The fraction of sp³-hybridized carbons (Fsp3) is 0.105. The summed E-state index contributed by atoms with van der Waals surface area (Å²) in [6, 6.07) is 21.4. The lowest BCUT2D eigenvalue weighted by atomic mass is 10.0. The van der Waals surface area contributed by atoms with E-state index in [9.17, 15) is 4.79 Å². The quantitative estimate of drug-likeness (QED) is 0.700. The first-order valence-corrected chi connectivity index (χ1v) is 8.33. The summed E-state index contributed by atoms with van der Waals surface area (Å²) >= 11 is 1.64. The first kappa shape index (κ1) is 15.3. The minimum Gasteiger partial charge on any atom is -0.326 e. The third-order valence-corrected chi connectivity index (χ3v) is 4.48. The van der Waals surface area contributed by atoms with Gasteiger partial charge in [0.1, 0.15) is 0 Å². The van der Waals surface area contributed by atoms with Crippen LogP contribution in [-0.4, -0.2) is 6.03 Å². The summed E-state index contributed by atoms with van der Waals surface area (Å²) in [6.45, 7) is 2.06. The van der Waals surface area contributed by atoms with Crippen LogP contribution in [0.4, 0.5) is 10.5 Å². The molecule has 1 atom stereocenters. The highest BCUT2D eigenvalue weighted by molar-refractivity contribution is 7.10. The van der Waals surface area contributed by atoms with Crippen molar-refractivity contribution in [2.45, 2.75) is 13.0 Å². The van der Waals surface area contributed by atoms with E-state index in [1.807, 2.05) is 47.8 Å². The van der Waals surface area contributed by atoms with Crippen LogP contribution >= 0.6 is 11.3 Å². The van der Waals surface area contributed by atoms with Crippen LogP contribution in [0.25, 0.3) is 0 Å². The molecule has 1 heterocycles. The van der Waals surface area contributed by atoms with Crippen molar-refractivity contribution in [3.05, 3.63) is 88.1 Å². The van der Waals surface area contributed by atoms with E-state index in [1.165, 1.54) is 5.56 Å². The predicted octanol–water partition coefficient (Wildman–Crippen LogP) is 4.97. The number of urea groups is 1. The number of nitrogens with one attached hydrogen (secondary N) is 2. The van der Waals surface area contributed by atoms with Gasteiger partial charge in [0.2, 0.25) is 0 Å². The maximum atomic E-state index is 12.3. The van der Waals surface area contributed by atoms with Gasteiger partial charge in [-0.1, -0.05) is 54.1 Å². The summed E-state index contributed by atoms with van der Waals surface area (Å²) in [5.74, 6) is 0. The highest BCUT2D eigenvalue weighted by Gasteiger charge is 2.17. The van der Waals surface area contributed by atoms with Crippen molar-refractivity contribution in [2.24, 2.45) is 0 Å². The Kier molecular flexibility index (Phi) is 4.74. The van der Waals surface area contributed by atoms with E-state index in [4.69, 9.17) is 0 Å². The first-order chi connectivity index (χ1) is 11.2. The largest absolute Gasteiger partial charge is 0.326 e. The molecule has 0 aliphatic carbocycles. The van der Waals surface area contributed by atoms with Gasteiger partial charge in [-0.3, -0.25) is 0 Å². The van der Waals surface area contributed by atoms with Crippen LogP contribution in [0.2, 0.25) is 0 Å². The van der Waals surface area contributed by atoms with Gasteiger partial charge < -0.3 is 10.6 Å². The molecule has 2 aromatic carbocycles. The number of carbonyl (C=O) groups excluding carboxylic acids is 1. The van der Waals surface area contributed by atoms with Crippen LogP contribution in [0.1, 0.15) is 22.0 Å². The molecule has 0 aliphatic heterocycles. The number of thiophene rings is 1. The number of carbonyl (C=O) groups is 1. The highest BCUT2D eigenvalue weighted by atomic mass is 32.1. The Labute approximate surface area is 140 Å². The van der Waals surface area contributed by atoms with E-state index in [1.54, 1.807) is 11.3 Å².